The van der Waals surface area contributed by atoms with E-state index in [-0.39, 0.29) is 0 Å². The number of benzene rings is 2. The number of rotatable bonds is 6. The van der Waals surface area contributed by atoms with E-state index in [1.54, 1.807) is 0 Å². The second-order valence-corrected chi connectivity index (χ2v) is 7.03. The van der Waals surface area contributed by atoms with Crippen LogP contribution in [-0.2, 0) is 0 Å². The summed E-state index contributed by atoms with van der Waals surface area (Å²) in [7, 11) is 0. The van der Waals surface area contributed by atoms with Crippen molar-refractivity contribution < 1.29 is 4.74 Å². The normalized spacial score (nSPS) is 21.4. The molecule has 0 N–H and O–H groups in total. The Morgan fingerprint density at radius 3 is 2.46 bits per heavy atom. The summed E-state index contributed by atoms with van der Waals surface area (Å²) in [5.41, 5.74) is 1.52. The Bertz CT molecular complexity index is 677. The molecule has 24 heavy (non-hydrogen) atoms. The van der Waals surface area contributed by atoms with Crippen molar-refractivity contribution in [3.63, 3.8) is 0 Å². The predicted molar refractivity (Wildman–Crippen MR) is 104 cm³/mol. The molecule has 0 spiro atoms. The van der Waals surface area contributed by atoms with Crippen LogP contribution in [0.3, 0.4) is 0 Å². The molecule has 1 fully saturated rings. The van der Waals surface area contributed by atoms with Gasteiger partial charge in [-0.3, -0.25) is 0 Å². The van der Waals surface area contributed by atoms with Crippen LogP contribution in [0.1, 0.15) is 63.9 Å². The molecule has 0 unspecified atom stereocenters. The highest BCUT2D eigenvalue weighted by Crippen LogP contribution is 2.37. The minimum atomic E-state index is 0.722. The fourth-order valence-electron chi connectivity index (χ4n) is 3.85. The van der Waals surface area contributed by atoms with E-state index >= 15 is 0 Å². The Morgan fingerprint density at radius 2 is 1.71 bits per heavy atom. The van der Waals surface area contributed by atoms with Gasteiger partial charge in [0.15, 0.2) is 0 Å². The maximum absolute atomic E-state index is 5.61. The molecule has 3 rings (SSSR count). The summed E-state index contributed by atoms with van der Waals surface area (Å²) in [6, 6.07) is 13.4. The van der Waals surface area contributed by atoms with Crippen LogP contribution in [0.5, 0.6) is 5.75 Å². The molecule has 0 aromatic heterocycles. The molecule has 2 aromatic rings. The van der Waals surface area contributed by atoms with E-state index in [1.165, 1.54) is 54.9 Å². The molecule has 0 saturated heterocycles. The van der Waals surface area contributed by atoms with Crippen molar-refractivity contribution in [2.75, 3.05) is 6.61 Å². The predicted octanol–water partition coefficient (Wildman–Crippen LogP) is 6.87. The van der Waals surface area contributed by atoms with Gasteiger partial charge in [-0.05, 0) is 79.3 Å². The molecule has 1 nitrogen and oxygen atoms in total. The van der Waals surface area contributed by atoms with Gasteiger partial charge in [0.25, 0.3) is 0 Å². The molecule has 1 heteroatoms. The number of ether oxygens (including phenoxy) is 1. The van der Waals surface area contributed by atoms with E-state index in [9.17, 15) is 0 Å². The highest BCUT2D eigenvalue weighted by molar-refractivity contribution is 5.84. The lowest BCUT2D eigenvalue weighted by Crippen LogP contribution is -2.11. The number of fused-ring (bicyclic) bond motifs is 1. The Balaban J connectivity index is 1.66. The van der Waals surface area contributed by atoms with Crippen molar-refractivity contribution in [2.45, 2.75) is 58.3 Å². The van der Waals surface area contributed by atoms with Gasteiger partial charge in [-0.1, -0.05) is 49.8 Å². The quantitative estimate of drug-likeness (QED) is 0.527. The third-order valence-corrected chi connectivity index (χ3v) is 5.25. The van der Waals surface area contributed by atoms with E-state index in [0.717, 1.165) is 24.2 Å². The van der Waals surface area contributed by atoms with Gasteiger partial charge in [-0.25, -0.2) is 0 Å². The highest BCUT2D eigenvalue weighted by Gasteiger charge is 2.20. The smallest absolute Gasteiger partial charge is 0.119 e. The lowest BCUT2D eigenvalue weighted by molar-refractivity contribution is 0.341. The molecule has 0 amide bonds. The van der Waals surface area contributed by atoms with Gasteiger partial charge in [0.2, 0.25) is 0 Å². The summed E-state index contributed by atoms with van der Waals surface area (Å²) >= 11 is 0. The zero-order chi connectivity index (χ0) is 16.8. The third kappa shape index (κ3) is 4.20. The van der Waals surface area contributed by atoms with Gasteiger partial charge in [-0.15, -0.1) is 0 Å². The first-order chi connectivity index (χ1) is 11.8. The first-order valence-electron chi connectivity index (χ1n) is 9.63. The van der Waals surface area contributed by atoms with E-state index in [1.807, 2.05) is 6.92 Å². The monoisotopic (exact) mass is 322 g/mol. The van der Waals surface area contributed by atoms with Crippen molar-refractivity contribution >= 4 is 10.8 Å². The summed E-state index contributed by atoms with van der Waals surface area (Å²) in [6.45, 7) is 5.00. The molecule has 0 bridgehead atoms. The van der Waals surface area contributed by atoms with Gasteiger partial charge < -0.3 is 4.74 Å². The lowest BCUT2D eigenvalue weighted by atomic mass is 9.78. The van der Waals surface area contributed by atoms with Crippen LogP contribution >= 0.6 is 0 Å². The van der Waals surface area contributed by atoms with Crippen LogP contribution in [0.4, 0.5) is 0 Å². The van der Waals surface area contributed by atoms with Gasteiger partial charge >= 0.3 is 0 Å². The van der Waals surface area contributed by atoms with Crippen molar-refractivity contribution in [2.24, 2.45) is 5.92 Å². The number of unbranched alkanes of at least 4 members (excludes halogenated alkanes) is 1. The van der Waals surface area contributed by atoms with E-state index < -0.39 is 0 Å². The van der Waals surface area contributed by atoms with Gasteiger partial charge in [-0.2, -0.15) is 0 Å². The first kappa shape index (κ1) is 17.1. The number of hydrogen-bond acceptors (Lipinski definition) is 1. The van der Waals surface area contributed by atoms with Crippen LogP contribution in [0.25, 0.3) is 10.8 Å². The van der Waals surface area contributed by atoms with Gasteiger partial charge in [0.05, 0.1) is 6.61 Å². The molecule has 1 aliphatic rings. The van der Waals surface area contributed by atoms with Crippen LogP contribution in [0, 0.1) is 5.92 Å². The molecule has 0 atom stereocenters. The second-order valence-electron chi connectivity index (χ2n) is 7.03. The van der Waals surface area contributed by atoms with E-state index in [2.05, 4.69) is 55.5 Å². The molecular formula is C23H30O. The minimum Gasteiger partial charge on any atom is -0.494 e. The number of allylic oxidation sites excluding steroid dienone is 2. The largest absolute Gasteiger partial charge is 0.494 e. The van der Waals surface area contributed by atoms with Crippen molar-refractivity contribution in [3.05, 3.63) is 54.1 Å². The zero-order valence-corrected chi connectivity index (χ0v) is 15.1. The molecule has 128 valence electrons. The molecular weight excluding hydrogens is 292 g/mol. The molecule has 1 saturated carbocycles. The van der Waals surface area contributed by atoms with E-state index in [0.29, 0.717) is 0 Å². The minimum absolute atomic E-state index is 0.722. The molecule has 1 aliphatic carbocycles. The maximum atomic E-state index is 5.61. The average molecular weight is 322 g/mol. The fourth-order valence-corrected chi connectivity index (χ4v) is 3.85. The SMILES string of the molecule is CCC/C=C/C1CCC(c2ccc3cc(OCC)ccc3c2)CC1. The molecule has 0 heterocycles. The summed E-state index contributed by atoms with van der Waals surface area (Å²) in [5, 5.41) is 2.61. The standard InChI is InChI=1S/C23H30O/c1-3-5-6-7-18-8-10-19(11-9-18)20-12-13-22-17-23(24-4-2)15-14-21(22)16-20/h6-7,12-19H,3-5,8-11H2,1-2H3/b7-6+. The van der Waals surface area contributed by atoms with Crippen molar-refractivity contribution in [3.8, 4) is 5.75 Å². The summed E-state index contributed by atoms with van der Waals surface area (Å²) in [6.07, 6.45) is 12.7. The molecule has 0 radical (unpaired) electrons. The lowest BCUT2D eigenvalue weighted by Gasteiger charge is -2.27. The van der Waals surface area contributed by atoms with Crippen molar-refractivity contribution in [1.82, 2.24) is 0 Å². The average Bonchev–Trinajstić information content (AvgIpc) is 2.62. The maximum Gasteiger partial charge on any atom is 0.119 e. The zero-order valence-electron chi connectivity index (χ0n) is 15.1. The van der Waals surface area contributed by atoms with Crippen LogP contribution in [0.15, 0.2) is 48.6 Å². The number of hydrogen-bond donors (Lipinski definition) is 0. The third-order valence-electron chi connectivity index (χ3n) is 5.25. The topological polar surface area (TPSA) is 9.23 Å². The highest BCUT2D eigenvalue weighted by atomic mass is 16.5. The molecule has 2 aromatic carbocycles. The summed E-state index contributed by atoms with van der Waals surface area (Å²) in [5.74, 6) is 2.51. The van der Waals surface area contributed by atoms with Crippen molar-refractivity contribution in [1.29, 1.82) is 0 Å². The Kier molecular flexibility index (Phi) is 5.96. The van der Waals surface area contributed by atoms with Crippen LogP contribution in [0.2, 0.25) is 0 Å². The van der Waals surface area contributed by atoms with Crippen LogP contribution in [-0.4, -0.2) is 6.61 Å². The Morgan fingerprint density at radius 1 is 0.958 bits per heavy atom. The summed E-state index contributed by atoms with van der Waals surface area (Å²) in [4.78, 5) is 0. The Labute approximate surface area is 146 Å². The van der Waals surface area contributed by atoms with Gasteiger partial charge in [0, 0.05) is 0 Å². The van der Waals surface area contributed by atoms with Gasteiger partial charge in [0.1, 0.15) is 5.75 Å². The molecule has 0 aliphatic heterocycles. The van der Waals surface area contributed by atoms with Crippen LogP contribution < -0.4 is 4.74 Å². The summed E-state index contributed by atoms with van der Waals surface area (Å²) < 4.78 is 5.61. The first-order valence-corrected chi connectivity index (χ1v) is 9.63. The Hall–Kier alpha value is -1.76. The fraction of sp³-hybridized carbons (Fsp3) is 0.478. The second kappa shape index (κ2) is 8.37. The van der Waals surface area contributed by atoms with E-state index in [4.69, 9.17) is 4.74 Å².